The summed E-state index contributed by atoms with van der Waals surface area (Å²) in [5, 5.41) is 0.512. The Hall–Kier alpha value is -1.67. The molecule has 2 nitrogen and oxygen atoms in total. The van der Waals surface area contributed by atoms with Crippen molar-refractivity contribution in [2.75, 3.05) is 0 Å². The van der Waals surface area contributed by atoms with Crippen LogP contribution in [0.3, 0.4) is 0 Å². The Morgan fingerprint density at radius 3 is 2.42 bits per heavy atom. The molecule has 0 N–H and O–H groups in total. The van der Waals surface area contributed by atoms with Crippen LogP contribution in [0.4, 0.5) is 0 Å². The molecule has 1 aromatic carbocycles. The lowest BCUT2D eigenvalue weighted by Gasteiger charge is -2.06. The Kier molecular flexibility index (Phi) is 4.33. The molecule has 0 aliphatic heterocycles. The number of hydrogen-bond acceptors (Lipinski definition) is 2. The summed E-state index contributed by atoms with van der Waals surface area (Å²) in [6.07, 6.45) is 3.70. The standard InChI is InChI=1S/C16H17ClN2/c1-11-6-12(2)15(13(3)7-11)10-18-8-14-4-5-16(17)19-9-14/h4-7,9-10H,8H2,1-3H3. The number of nitrogens with zero attached hydrogens (tertiary/aromatic N) is 2. The number of aryl methyl sites for hydroxylation is 3. The average Bonchev–Trinajstić information content (AvgIpc) is 2.34. The molecule has 1 heterocycles. The predicted octanol–water partition coefficient (Wildman–Crippen LogP) is 4.28. The van der Waals surface area contributed by atoms with Crippen molar-refractivity contribution in [3.8, 4) is 0 Å². The summed E-state index contributed by atoms with van der Waals surface area (Å²) >= 11 is 5.75. The van der Waals surface area contributed by atoms with Gasteiger partial charge in [0.2, 0.25) is 0 Å². The molecule has 0 atom stereocenters. The van der Waals surface area contributed by atoms with Crippen molar-refractivity contribution < 1.29 is 0 Å². The van der Waals surface area contributed by atoms with Gasteiger partial charge in [0.15, 0.2) is 0 Å². The van der Waals surface area contributed by atoms with Crippen LogP contribution in [-0.4, -0.2) is 11.2 Å². The number of aliphatic imine (C=N–C) groups is 1. The van der Waals surface area contributed by atoms with Gasteiger partial charge in [0.25, 0.3) is 0 Å². The van der Waals surface area contributed by atoms with E-state index >= 15 is 0 Å². The molecule has 1 aromatic heterocycles. The van der Waals surface area contributed by atoms with Gasteiger partial charge in [-0.05, 0) is 49.1 Å². The predicted molar refractivity (Wildman–Crippen MR) is 81.2 cm³/mol. The molecule has 0 saturated carbocycles. The maximum absolute atomic E-state index is 5.75. The van der Waals surface area contributed by atoms with Crippen LogP contribution in [0.1, 0.15) is 27.8 Å². The van der Waals surface area contributed by atoms with E-state index in [0.717, 1.165) is 5.56 Å². The fourth-order valence-electron chi connectivity index (χ4n) is 2.14. The molecule has 0 aliphatic rings. The van der Waals surface area contributed by atoms with Crippen molar-refractivity contribution in [3.05, 3.63) is 63.4 Å². The molecule has 19 heavy (non-hydrogen) atoms. The van der Waals surface area contributed by atoms with Crippen LogP contribution in [0.2, 0.25) is 5.15 Å². The SMILES string of the molecule is Cc1cc(C)c(C=NCc2ccc(Cl)nc2)c(C)c1. The Balaban J connectivity index is 2.13. The molecule has 98 valence electrons. The molecule has 2 aromatic rings. The van der Waals surface area contributed by atoms with E-state index in [1.54, 1.807) is 12.3 Å². The zero-order valence-corrected chi connectivity index (χ0v) is 12.2. The zero-order valence-electron chi connectivity index (χ0n) is 11.4. The highest BCUT2D eigenvalue weighted by molar-refractivity contribution is 6.29. The summed E-state index contributed by atoms with van der Waals surface area (Å²) < 4.78 is 0. The van der Waals surface area contributed by atoms with Crippen molar-refractivity contribution in [2.45, 2.75) is 27.3 Å². The lowest BCUT2D eigenvalue weighted by atomic mass is 10.0. The molecule has 0 saturated heterocycles. The van der Waals surface area contributed by atoms with E-state index in [1.807, 2.05) is 12.3 Å². The second kappa shape index (κ2) is 5.98. The molecular formula is C16H17ClN2. The highest BCUT2D eigenvalue weighted by atomic mass is 35.5. The van der Waals surface area contributed by atoms with Crippen molar-refractivity contribution in [3.63, 3.8) is 0 Å². The van der Waals surface area contributed by atoms with Gasteiger partial charge in [-0.25, -0.2) is 4.98 Å². The molecule has 2 rings (SSSR count). The minimum absolute atomic E-state index is 0.512. The molecule has 0 bridgehead atoms. The molecule has 0 fully saturated rings. The zero-order chi connectivity index (χ0) is 13.8. The van der Waals surface area contributed by atoms with Crippen molar-refractivity contribution in [2.24, 2.45) is 4.99 Å². The lowest BCUT2D eigenvalue weighted by molar-refractivity contribution is 1.05. The van der Waals surface area contributed by atoms with Crippen LogP contribution < -0.4 is 0 Å². The number of pyridine rings is 1. The first-order valence-electron chi connectivity index (χ1n) is 6.24. The first-order chi connectivity index (χ1) is 9.06. The topological polar surface area (TPSA) is 25.2 Å². The minimum atomic E-state index is 0.512. The molecule has 0 unspecified atom stereocenters. The molecular weight excluding hydrogens is 256 g/mol. The van der Waals surface area contributed by atoms with Crippen LogP contribution in [0.15, 0.2) is 35.5 Å². The van der Waals surface area contributed by atoms with Gasteiger partial charge in [-0.15, -0.1) is 0 Å². The van der Waals surface area contributed by atoms with Gasteiger partial charge in [-0.2, -0.15) is 0 Å². The van der Waals surface area contributed by atoms with E-state index in [-0.39, 0.29) is 0 Å². The summed E-state index contributed by atoms with van der Waals surface area (Å²) in [6, 6.07) is 8.09. The van der Waals surface area contributed by atoms with E-state index in [2.05, 4.69) is 42.9 Å². The normalized spacial score (nSPS) is 11.2. The maximum Gasteiger partial charge on any atom is 0.129 e. The van der Waals surface area contributed by atoms with Crippen LogP contribution in [-0.2, 0) is 6.54 Å². The number of aromatic nitrogens is 1. The first-order valence-corrected chi connectivity index (χ1v) is 6.62. The summed E-state index contributed by atoms with van der Waals surface area (Å²) in [5.41, 5.74) is 6.07. The van der Waals surface area contributed by atoms with Gasteiger partial charge in [-0.1, -0.05) is 35.4 Å². The quantitative estimate of drug-likeness (QED) is 0.605. The van der Waals surface area contributed by atoms with Crippen LogP contribution in [0.25, 0.3) is 0 Å². The highest BCUT2D eigenvalue weighted by Crippen LogP contribution is 2.14. The van der Waals surface area contributed by atoms with Gasteiger partial charge in [0, 0.05) is 12.4 Å². The number of hydrogen-bond donors (Lipinski definition) is 0. The third-order valence-electron chi connectivity index (χ3n) is 3.02. The van der Waals surface area contributed by atoms with E-state index in [9.17, 15) is 0 Å². The smallest absolute Gasteiger partial charge is 0.129 e. The second-order valence-corrected chi connectivity index (χ2v) is 5.16. The summed E-state index contributed by atoms with van der Waals surface area (Å²) in [6.45, 7) is 6.97. The number of halogens is 1. The molecule has 3 heteroatoms. The maximum atomic E-state index is 5.75. The fourth-order valence-corrected chi connectivity index (χ4v) is 2.25. The molecule has 0 amide bonds. The largest absolute Gasteiger partial charge is 0.288 e. The monoisotopic (exact) mass is 272 g/mol. The Morgan fingerprint density at radius 2 is 1.84 bits per heavy atom. The summed E-state index contributed by atoms with van der Waals surface area (Å²) in [7, 11) is 0. The third-order valence-corrected chi connectivity index (χ3v) is 3.24. The highest BCUT2D eigenvalue weighted by Gasteiger charge is 2.00. The van der Waals surface area contributed by atoms with Gasteiger partial charge in [0.05, 0.1) is 6.54 Å². The summed E-state index contributed by atoms with van der Waals surface area (Å²) in [4.78, 5) is 8.53. The first kappa shape index (κ1) is 13.8. The number of benzene rings is 1. The van der Waals surface area contributed by atoms with E-state index < -0.39 is 0 Å². The third kappa shape index (κ3) is 3.65. The molecule has 0 spiro atoms. The van der Waals surface area contributed by atoms with Gasteiger partial charge in [0.1, 0.15) is 5.15 Å². The van der Waals surface area contributed by atoms with E-state index in [1.165, 1.54) is 22.3 Å². The lowest BCUT2D eigenvalue weighted by Crippen LogP contribution is -1.94. The van der Waals surface area contributed by atoms with Crippen LogP contribution in [0.5, 0.6) is 0 Å². The average molecular weight is 273 g/mol. The van der Waals surface area contributed by atoms with E-state index in [4.69, 9.17) is 11.6 Å². The molecule has 0 radical (unpaired) electrons. The van der Waals surface area contributed by atoms with E-state index in [0.29, 0.717) is 11.7 Å². The second-order valence-electron chi connectivity index (χ2n) is 4.77. The van der Waals surface area contributed by atoms with Gasteiger partial charge in [-0.3, -0.25) is 4.99 Å². The molecule has 0 aliphatic carbocycles. The van der Waals surface area contributed by atoms with Crippen LogP contribution >= 0.6 is 11.6 Å². The fraction of sp³-hybridized carbons (Fsp3) is 0.250. The Labute approximate surface area is 119 Å². The van der Waals surface area contributed by atoms with Gasteiger partial charge >= 0.3 is 0 Å². The van der Waals surface area contributed by atoms with Crippen molar-refractivity contribution in [1.29, 1.82) is 0 Å². The van der Waals surface area contributed by atoms with Crippen molar-refractivity contribution >= 4 is 17.8 Å². The summed E-state index contributed by atoms with van der Waals surface area (Å²) in [5.74, 6) is 0. The Bertz CT molecular complexity index is 578. The van der Waals surface area contributed by atoms with Crippen molar-refractivity contribution in [1.82, 2.24) is 4.98 Å². The Morgan fingerprint density at radius 1 is 1.16 bits per heavy atom. The van der Waals surface area contributed by atoms with Gasteiger partial charge < -0.3 is 0 Å². The minimum Gasteiger partial charge on any atom is -0.288 e. The van der Waals surface area contributed by atoms with Crippen LogP contribution in [0, 0.1) is 20.8 Å². The number of rotatable bonds is 3.